The topological polar surface area (TPSA) is 17.0 Å². The Labute approximate surface area is 151 Å². The van der Waals surface area contributed by atoms with Gasteiger partial charge in [-0.05, 0) is 42.8 Å². The predicted octanol–water partition coefficient (Wildman–Crippen LogP) is 5.97. The minimum atomic E-state index is -0.318. The van der Waals surface area contributed by atoms with E-state index < -0.39 is 0 Å². The van der Waals surface area contributed by atoms with Gasteiger partial charge in [-0.2, -0.15) is 0 Å². The van der Waals surface area contributed by atoms with Gasteiger partial charge in [0.2, 0.25) is 0 Å². The number of aromatic nitrogens is 1. The summed E-state index contributed by atoms with van der Waals surface area (Å²) in [6, 6.07) is 27.4. The Balaban J connectivity index is 1.90. The largest absolute Gasteiger partial charge is 0.369 e. The van der Waals surface area contributed by atoms with Crippen LogP contribution in [0.4, 0.5) is 5.69 Å². The molecule has 1 aromatic heterocycles. The van der Waals surface area contributed by atoms with E-state index in [0.29, 0.717) is 0 Å². The first-order chi connectivity index (χ1) is 12.2. The molecule has 1 aliphatic rings. The number of nitrogens with one attached hydrogen (secondary N) is 1. The summed E-state index contributed by atoms with van der Waals surface area (Å²) in [4.78, 5) is 0. The maximum absolute atomic E-state index is 6.31. The number of para-hydroxylation sites is 1. The van der Waals surface area contributed by atoms with Gasteiger partial charge in [0.25, 0.3) is 0 Å². The molecule has 2 nitrogen and oxygen atoms in total. The number of hydrogen-bond donors (Lipinski definition) is 1. The van der Waals surface area contributed by atoms with Crippen LogP contribution in [-0.2, 0) is 5.54 Å². The molecule has 0 fully saturated rings. The molecule has 4 aromatic rings. The van der Waals surface area contributed by atoms with Gasteiger partial charge in [-0.15, -0.1) is 0 Å². The molecule has 0 spiro atoms. The molecule has 1 atom stereocenters. The van der Waals surface area contributed by atoms with Crippen LogP contribution >= 0.6 is 11.6 Å². The van der Waals surface area contributed by atoms with E-state index >= 15 is 0 Å². The summed E-state index contributed by atoms with van der Waals surface area (Å²) in [5, 5.41) is 5.73. The highest BCUT2D eigenvalue weighted by molar-refractivity contribution is 6.31. The number of benzene rings is 3. The maximum Gasteiger partial charge on any atom is 0.101 e. The molecule has 1 unspecified atom stereocenters. The van der Waals surface area contributed by atoms with Crippen molar-refractivity contribution in [2.45, 2.75) is 12.5 Å². The predicted molar refractivity (Wildman–Crippen MR) is 105 cm³/mol. The number of rotatable bonds is 1. The fourth-order valence-electron chi connectivity index (χ4n) is 3.90. The van der Waals surface area contributed by atoms with E-state index in [1.807, 2.05) is 12.1 Å². The summed E-state index contributed by atoms with van der Waals surface area (Å²) in [7, 11) is 0. The van der Waals surface area contributed by atoms with E-state index in [-0.39, 0.29) is 5.54 Å². The van der Waals surface area contributed by atoms with Crippen molar-refractivity contribution in [2.75, 3.05) is 5.32 Å². The molecular weight excluding hydrogens is 328 g/mol. The van der Waals surface area contributed by atoms with Gasteiger partial charge < -0.3 is 9.88 Å². The molecule has 3 aromatic carbocycles. The molecule has 0 saturated carbocycles. The Bertz CT molecular complexity index is 1100. The zero-order valence-electron chi connectivity index (χ0n) is 13.8. The lowest BCUT2D eigenvalue weighted by atomic mass is 9.86. The number of halogens is 1. The highest BCUT2D eigenvalue weighted by Crippen LogP contribution is 2.44. The number of anilines is 1. The summed E-state index contributed by atoms with van der Waals surface area (Å²) in [6.45, 7) is 2.24. The summed E-state index contributed by atoms with van der Waals surface area (Å²) in [6.07, 6.45) is 0. The summed E-state index contributed by atoms with van der Waals surface area (Å²) in [5.41, 5.74) is 5.52. The lowest BCUT2D eigenvalue weighted by molar-refractivity contribution is 0.608. The summed E-state index contributed by atoms with van der Waals surface area (Å²) < 4.78 is 2.33. The maximum atomic E-state index is 6.31. The zero-order valence-corrected chi connectivity index (χ0v) is 14.6. The van der Waals surface area contributed by atoms with E-state index in [1.54, 1.807) is 0 Å². The van der Waals surface area contributed by atoms with Gasteiger partial charge in [-0.3, -0.25) is 0 Å². The molecule has 0 amide bonds. The van der Waals surface area contributed by atoms with E-state index in [9.17, 15) is 0 Å². The minimum absolute atomic E-state index is 0.318. The van der Waals surface area contributed by atoms with Gasteiger partial charge in [-0.25, -0.2) is 0 Å². The lowest BCUT2D eigenvalue weighted by Gasteiger charge is -2.39. The molecule has 0 bridgehead atoms. The van der Waals surface area contributed by atoms with Crippen molar-refractivity contribution < 1.29 is 0 Å². The van der Waals surface area contributed by atoms with Crippen molar-refractivity contribution in [3.8, 4) is 5.69 Å². The Morgan fingerprint density at radius 1 is 0.880 bits per heavy atom. The average Bonchev–Trinajstić information content (AvgIpc) is 3.04. The lowest BCUT2D eigenvalue weighted by Crippen LogP contribution is -2.38. The third-order valence-electron chi connectivity index (χ3n) is 5.16. The van der Waals surface area contributed by atoms with Crippen LogP contribution in [0.25, 0.3) is 16.6 Å². The Hall–Kier alpha value is -2.71. The van der Waals surface area contributed by atoms with Gasteiger partial charge >= 0.3 is 0 Å². The molecule has 5 rings (SSSR count). The summed E-state index contributed by atoms with van der Waals surface area (Å²) in [5.74, 6) is 0. The van der Waals surface area contributed by atoms with Crippen molar-refractivity contribution in [1.29, 1.82) is 0 Å². The van der Waals surface area contributed by atoms with Crippen LogP contribution in [0, 0.1) is 0 Å². The molecule has 3 heteroatoms. The molecule has 1 aliphatic heterocycles. The molecule has 25 heavy (non-hydrogen) atoms. The van der Waals surface area contributed by atoms with Crippen molar-refractivity contribution in [3.63, 3.8) is 0 Å². The average molecular weight is 345 g/mol. The molecular formula is C22H17ClN2. The van der Waals surface area contributed by atoms with Crippen LogP contribution in [0.15, 0.2) is 78.9 Å². The third-order valence-corrected chi connectivity index (χ3v) is 5.39. The fraction of sp³-hybridized carbons (Fsp3) is 0.0909. The number of hydrogen-bond acceptors (Lipinski definition) is 1. The van der Waals surface area contributed by atoms with Gasteiger partial charge in [0, 0.05) is 10.4 Å². The van der Waals surface area contributed by atoms with E-state index in [2.05, 4.69) is 83.5 Å². The van der Waals surface area contributed by atoms with Gasteiger partial charge in [0.15, 0.2) is 0 Å². The van der Waals surface area contributed by atoms with E-state index in [0.717, 1.165) is 16.4 Å². The standard InChI is InChI=1S/C22H17ClN2/c1-22(16-8-3-2-4-9-16)21-13-15-7-5-6-10-19(15)25(21)20-14-17(23)11-12-18(20)24-22/h2-14,24H,1H3. The fourth-order valence-corrected chi connectivity index (χ4v) is 4.07. The minimum Gasteiger partial charge on any atom is -0.369 e. The van der Waals surface area contributed by atoms with Crippen LogP contribution < -0.4 is 5.32 Å². The third kappa shape index (κ3) is 2.04. The smallest absolute Gasteiger partial charge is 0.101 e. The first kappa shape index (κ1) is 14.6. The van der Waals surface area contributed by atoms with Gasteiger partial charge in [-0.1, -0.05) is 60.1 Å². The number of fused-ring (bicyclic) bond motifs is 5. The van der Waals surface area contributed by atoms with Crippen LogP contribution in [0.5, 0.6) is 0 Å². The first-order valence-corrected chi connectivity index (χ1v) is 8.79. The van der Waals surface area contributed by atoms with Crippen LogP contribution in [0.3, 0.4) is 0 Å². The van der Waals surface area contributed by atoms with Crippen molar-refractivity contribution in [2.24, 2.45) is 0 Å². The SMILES string of the molecule is CC1(c2ccccc2)Nc2ccc(Cl)cc2-n2c1cc1ccccc12. The molecule has 0 radical (unpaired) electrons. The van der Waals surface area contributed by atoms with Crippen molar-refractivity contribution in [3.05, 3.63) is 95.1 Å². The Kier molecular flexibility index (Phi) is 3.01. The molecule has 2 heterocycles. The van der Waals surface area contributed by atoms with E-state index in [1.165, 1.54) is 22.2 Å². The van der Waals surface area contributed by atoms with E-state index in [4.69, 9.17) is 11.6 Å². The van der Waals surface area contributed by atoms with Crippen molar-refractivity contribution >= 4 is 28.2 Å². The van der Waals surface area contributed by atoms with Gasteiger partial charge in [0.05, 0.1) is 22.6 Å². The molecule has 0 saturated heterocycles. The second-order valence-electron chi connectivity index (χ2n) is 6.70. The summed E-state index contributed by atoms with van der Waals surface area (Å²) >= 11 is 6.31. The second-order valence-corrected chi connectivity index (χ2v) is 7.14. The highest BCUT2D eigenvalue weighted by atomic mass is 35.5. The second kappa shape index (κ2) is 5.14. The highest BCUT2D eigenvalue weighted by Gasteiger charge is 2.37. The zero-order chi connectivity index (χ0) is 17.0. The Morgan fingerprint density at radius 2 is 1.64 bits per heavy atom. The molecule has 122 valence electrons. The van der Waals surface area contributed by atoms with Crippen LogP contribution in [0.1, 0.15) is 18.2 Å². The quantitative estimate of drug-likeness (QED) is 0.450. The van der Waals surface area contributed by atoms with Gasteiger partial charge in [0.1, 0.15) is 5.54 Å². The Morgan fingerprint density at radius 3 is 2.48 bits per heavy atom. The normalized spacial score (nSPS) is 18.5. The number of nitrogens with zero attached hydrogens (tertiary/aromatic N) is 1. The van der Waals surface area contributed by atoms with Crippen LogP contribution in [0.2, 0.25) is 5.02 Å². The van der Waals surface area contributed by atoms with Crippen molar-refractivity contribution in [1.82, 2.24) is 4.57 Å². The molecule has 0 aliphatic carbocycles. The monoisotopic (exact) mass is 344 g/mol. The molecule has 1 N–H and O–H groups in total. The first-order valence-electron chi connectivity index (χ1n) is 8.41. The van der Waals surface area contributed by atoms with Crippen LogP contribution in [-0.4, -0.2) is 4.57 Å².